The minimum absolute atomic E-state index is 0.0273. The van der Waals surface area contributed by atoms with Crippen LogP contribution in [0.25, 0.3) is 33.2 Å². The highest BCUT2D eigenvalue weighted by Crippen LogP contribution is 2.40. The minimum atomic E-state index is -3.99. The van der Waals surface area contributed by atoms with Crippen LogP contribution in [0.4, 0.5) is 10.2 Å². The van der Waals surface area contributed by atoms with Crippen molar-refractivity contribution in [3.63, 3.8) is 0 Å². The molecule has 36 heavy (non-hydrogen) atoms. The molecular weight excluding hydrogens is 509 g/mol. The Morgan fingerprint density at radius 1 is 1.06 bits per heavy atom. The molecule has 0 spiro atoms. The van der Waals surface area contributed by atoms with Gasteiger partial charge in [0.05, 0.1) is 17.7 Å². The number of aromatic amines is 1. The number of methoxy groups -OCH3 is 1. The van der Waals surface area contributed by atoms with Gasteiger partial charge >= 0.3 is 0 Å². The molecule has 5 rings (SSSR count). The van der Waals surface area contributed by atoms with Crippen LogP contribution in [0.15, 0.2) is 87.2 Å². The Hall–Kier alpha value is -4.15. The molecule has 3 aromatic carbocycles. The molecule has 0 bridgehead atoms. The number of H-pyrrole nitrogens is 1. The molecule has 11 heteroatoms. The number of anilines is 1. The summed E-state index contributed by atoms with van der Waals surface area (Å²) in [6.45, 7) is 0. The average molecular weight is 526 g/mol. The molecule has 5 aromatic rings. The molecule has 0 aliphatic heterocycles. The van der Waals surface area contributed by atoms with Gasteiger partial charge in [-0.15, -0.1) is 0 Å². The summed E-state index contributed by atoms with van der Waals surface area (Å²) in [6, 6.07) is 16.3. The fourth-order valence-corrected chi connectivity index (χ4v) is 5.19. The zero-order chi connectivity index (χ0) is 25.4. The minimum Gasteiger partial charge on any atom is -0.496 e. The van der Waals surface area contributed by atoms with Crippen LogP contribution in [0.2, 0.25) is 5.02 Å². The van der Waals surface area contributed by atoms with Crippen LogP contribution in [-0.2, 0) is 10.0 Å². The molecule has 0 amide bonds. The summed E-state index contributed by atoms with van der Waals surface area (Å²) in [6.07, 6.45) is 1.24. The molecule has 2 heterocycles. The van der Waals surface area contributed by atoms with Gasteiger partial charge < -0.3 is 14.2 Å². The quantitative estimate of drug-likeness (QED) is 0.304. The highest BCUT2D eigenvalue weighted by molar-refractivity contribution is 7.92. The van der Waals surface area contributed by atoms with Gasteiger partial charge in [0, 0.05) is 33.7 Å². The molecule has 0 saturated carbocycles. The number of halogens is 2. The second-order valence-corrected chi connectivity index (χ2v) is 9.88. The fourth-order valence-electron chi connectivity index (χ4n) is 3.89. The predicted octanol–water partition coefficient (Wildman–Crippen LogP) is 5.45. The Labute approximate surface area is 209 Å². The van der Waals surface area contributed by atoms with E-state index >= 15 is 0 Å². The second kappa shape index (κ2) is 9.14. The molecule has 0 fully saturated rings. The predicted molar refractivity (Wildman–Crippen MR) is 134 cm³/mol. The van der Waals surface area contributed by atoms with Gasteiger partial charge in [-0.25, -0.2) is 12.8 Å². The summed E-state index contributed by atoms with van der Waals surface area (Å²) < 4.78 is 51.9. The topological polar surface area (TPSA) is 114 Å². The van der Waals surface area contributed by atoms with E-state index in [0.29, 0.717) is 43.9 Å². The highest BCUT2D eigenvalue weighted by Gasteiger charge is 2.20. The molecule has 0 unspecified atom stereocenters. The monoisotopic (exact) mass is 525 g/mol. The number of nitrogens with one attached hydrogen (secondary N) is 2. The lowest BCUT2D eigenvalue weighted by Crippen LogP contribution is -2.13. The maximum Gasteiger partial charge on any atom is 0.263 e. The number of ether oxygens (including phenoxy) is 1. The lowest BCUT2D eigenvalue weighted by molar-refractivity contribution is 0.416. The summed E-state index contributed by atoms with van der Waals surface area (Å²) >= 11 is 6.57. The van der Waals surface area contributed by atoms with Crippen LogP contribution in [0, 0.1) is 5.82 Å². The summed E-state index contributed by atoms with van der Waals surface area (Å²) in [5.41, 5.74) is 1.51. The first kappa shape index (κ1) is 23.6. The largest absolute Gasteiger partial charge is 0.496 e. The third-order valence-electron chi connectivity index (χ3n) is 5.51. The zero-order valence-electron chi connectivity index (χ0n) is 18.6. The number of hydrogen-bond donors (Lipinski definition) is 2. The van der Waals surface area contributed by atoms with Gasteiger partial charge in [-0.1, -0.05) is 35.0 Å². The second-order valence-electron chi connectivity index (χ2n) is 7.79. The smallest absolute Gasteiger partial charge is 0.263 e. The van der Waals surface area contributed by atoms with Crippen molar-refractivity contribution >= 4 is 38.2 Å². The van der Waals surface area contributed by atoms with E-state index in [-0.39, 0.29) is 10.7 Å². The van der Waals surface area contributed by atoms with Crippen molar-refractivity contribution in [2.24, 2.45) is 0 Å². The Morgan fingerprint density at radius 3 is 2.61 bits per heavy atom. The van der Waals surface area contributed by atoms with Gasteiger partial charge in [-0.05, 0) is 47.3 Å². The van der Waals surface area contributed by atoms with Gasteiger partial charge in [0.1, 0.15) is 17.8 Å². The molecular formula is C25H17ClFN3O5S. The summed E-state index contributed by atoms with van der Waals surface area (Å²) in [5, 5.41) is 4.80. The molecule has 0 saturated heterocycles. The molecule has 8 nitrogen and oxygen atoms in total. The third-order valence-corrected chi connectivity index (χ3v) is 7.17. The van der Waals surface area contributed by atoms with Gasteiger partial charge in [0.15, 0.2) is 5.82 Å². The number of rotatable bonds is 6. The Bertz CT molecular complexity index is 1770. The molecule has 2 aromatic heterocycles. The van der Waals surface area contributed by atoms with Crippen LogP contribution in [0.5, 0.6) is 5.75 Å². The third kappa shape index (κ3) is 4.43. The first-order chi connectivity index (χ1) is 17.2. The van der Waals surface area contributed by atoms with Crippen molar-refractivity contribution in [2.45, 2.75) is 4.90 Å². The van der Waals surface area contributed by atoms with Crippen LogP contribution >= 0.6 is 11.6 Å². The maximum atomic E-state index is 13.8. The van der Waals surface area contributed by atoms with Crippen LogP contribution < -0.4 is 15.0 Å². The standard InChI is InChI=1S/C25H17ClFN3O5S/c1-34-22-13-19(14-3-2-4-16(27)9-14)21(26)12-20(22)25-18-6-5-17(10-15(18)11-24(31)28-25)36(32,33)30-23-7-8-35-29-23/h2-13H,1H3,(H,28,31)(H,29,30). The summed E-state index contributed by atoms with van der Waals surface area (Å²) in [5.74, 6) is -0.000501. The molecule has 0 atom stereocenters. The van der Waals surface area contributed by atoms with Crippen LogP contribution in [0.3, 0.4) is 0 Å². The Kier molecular flexibility index (Phi) is 5.99. The number of pyridine rings is 1. The molecule has 182 valence electrons. The number of aromatic nitrogens is 2. The van der Waals surface area contributed by atoms with Crippen molar-refractivity contribution in [1.82, 2.24) is 10.1 Å². The Morgan fingerprint density at radius 2 is 1.89 bits per heavy atom. The number of sulfonamides is 1. The van der Waals surface area contributed by atoms with Crippen molar-refractivity contribution in [2.75, 3.05) is 11.8 Å². The first-order valence-electron chi connectivity index (χ1n) is 10.5. The van der Waals surface area contributed by atoms with Gasteiger partial charge in [-0.2, -0.15) is 0 Å². The molecule has 0 aliphatic carbocycles. The van der Waals surface area contributed by atoms with Crippen molar-refractivity contribution in [3.8, 4) is 28.1 Å². The number of fused-ring (bicyclic) bond motifs is 1. The lowest BCUT2D eigenvalue weighted by atomic mass is 9.98. The fraction of sp³-hybridized carbons (Fsp3) is 0.0400. The van der Waals surface area contributed by atoms with Crippen molar-refractivity contribution in [1.29, 1.82) is 0 Å². The van der Waals surface area contributed by atoms with E-state index in [1.54, 1.807) is 30.3 Å². The number of benzene rings is 3. The molecule has 0 aliphatic rings. The van der Waals surface area contributed by atoms with Crippen LogP contribution in [-0.4, -0.2) is 25.7 Å². The van der Waals surface area contributed by atoms with Crippen molar-refractivity contribution < 1.29 is 22.1 Å². The van der Waals surface area contributed by atoms with Crippen molar-refractivity contribution in [3.05, 3.63) is 94.2 Å². The lowest BCUT2D eigenvalue weighted by Gasteiger charge is -2.15. The number of hydrogen-bond acceptors (Lipinski definition) is 6. The van der Waals surface area contributed by atoms with Gasteiger partial charge in [0.25, 0.3) is 10.0 Å². The SMILES string of the molecule is COc1cc(-c2cccc(F)c2)c(Cl)cc1-c1[nH]c(=O)cc2cc(S(=O)(=O)Nc3ccon3)ccc12. The van der Waals surface area contributed by atoms with E-state index < -0.39 is 21.4 Å². The first-order valence-corrected chi connectivity index (χ1v) is 12.4. The normalized spacial score (nSPS) is 11.5. The Balaban J connectivity index is 1.64. The molecule has 2 N–H and O–H groups in total. The van der Waals surface area contributed by atoms with E-state index in [2.05, 4.69) is 19.4 Å². The van der Waals surface area contributed by atoms with Gasteiger partial charge in [-0.3, -0.25) is 9.52 Å². The number of nitrogens with zero attached hydrogens (tertiary/aromatic N) is 1. The summed E-state index contributed by atoms with van der Waals surface area (Å²) in [4.78, 5) is 15.3. The summed E-state index contributed by atoms with van der Waals surface area (Å²) in [7, 11) is -2.52. The van der Waals surface area contributed by atoms with E-state index in [1.807, 2.05) is 0 Å². The highest BCUT2D eigenvalue weighted by atomic mass is 35.5. The van der Waals surface area contributed by atoms with Gasteiger partial charge in [0.2, 0.25) is 5.56 Å². The van der Waals surface area contributed by atoms with E-state index in [0.717, 1.165) is 0 Å². The van der Waals surface area contributed by atoms with Crippen LogP contribution in [0.1, 0.15) is 0 Å². The van der Waals surface area contributed by atoms with E-state index in [1.165, 1.54) is 49.8 Å². The molecule has 0 radical (unpaired) electrons. The maximum absolute atomic E-state index is 13.8. The zero-order valence-corrected chi connectivity index (χ0v) is 20.2. The average Bonchev–Trinajstić information content (AvgIpc) is 3.35. The van der Waals surface area contributed by atoms with E-state index in [4.69, 9.17) is 16.3 Å². The van der Waals surface area contributed by atoms with E-state index in [9.17, 15) is 17.6 Å².